The second-order valence-corrected chi connectivity index (χ2v) is 5.57. The predicted molar refractivity (Wildman–Crippen MR) is 77.2 cm³/mol. The summed E-state index contributed by atoms with van der Waals surface area (Å²) >= 11 is 0. The normalized spacial score (nSPS) is 22.6. The number of hydrogen-bond donors (Lipinski definition) is 1. The van der Waals surface area contributed by atoms with Crippen molar-refractivity contribution in [3.8, 4) is 0 Å². The zero-order valence-electron chi connectivity index (χ0n) is 12.5. The van der Waals surface area contributed by atoms with E-state index in [2.05, 4.69) is 22.1 Å². The van der Waals surface area contributed by atoms with Gasteiger partial charge in [0.1, 0.15) is 0 Å². The van der Waals surface area contributed by atoms with Gasteiger partial charge >= 0.3 is 0 Å². The Morgan fingerprint density at radius 3 is 2.60 bits per heavy atom. The van der Waals surface area contributed by atoms with Gasteiger partial charge in [0.05, 0.1) is 0 Å². The van der Waals surface area contributed by atoms with Gasteiger partial charge in [-0.25, -0.2) is 13.8 Å². The van der Waals surface area contributed by atoms with E-state index in [9.17, 15) is 8.78 Å². The van der Waals surface area contributed by atoms with Crippen molar-refractivity contribution in [1.29, 1.82) is 0 Å². The molecule has 20 heavy (non-hydrogen) atoms. The first-order valence-corrected chi connectivity index (χ1v) is 6.95. The van der Waals surface area contributed by atoms with Crippen LogP contribution in [-0.4, -0.2) is 49.7 Å². The summed E-state index contributed by atoms with van der Waals surface area (Å²) in [5, 5.41) is 2.82. The zero-order chi connectivity index (χ0) is 14.9. The largest absolute Gasteiger partial charge is 0.368 e. The molecule has 4 nitrogen and oxygen atoms in total. The van der Waals surface area contributed by atoms with Crippen molar-refractivity contribution in [3.05, 3.63) is 17.7 Å². The first-order valence-electron chi connectivity index (χ1n) is 6.95. The van der Waals surface area contributed by atoms with E-state index in [1.165, 1.54) is 0 Å². The molecule has 1 fully saturated rings. The average molecular weight is 284 g/mol. The number of anilines is 2. The molecule has 0 radical (unpaired) electrons. The Hall–Kier alpha value is -1.43. The number of halogens is 2. The van der Waals surface area contributed by atoms with Crippen LogP contribution in [0.5, 0.6) is 0 Å². The lowest BCUT2D eigenvalue weighted by atomic mass is 10.1. The Morgan fingerprint density at radius 1 is 1.35 bits per heavy atom. The highest BCUT2D eigenvalue weighted by atomic mass is 19.1. The number of likely N-dealkylation sites (N-methyl/N-ethyl adjacent to an activating group) is 1. The topological polar surface area (TPSA) is 31.4 Å². The zero-order valence-corrected chi connectivity index (χ0v) is 12.5. The fourth-order valence-corrected chi connectivity index (χ4v) is 2.76. The lowest BCUT2D eigenvalue weighted by Crippen LogP contribution is -2.34. The molecule has 1 aliphatic heterocycles. The summed E-state index contributed by atoms with van der Waals surface area (Å²) in [5.41, 5.74) is 0. The van der Waals surface area contributed by atoms with Gasteiger partial charge in [-0.05, 0) is 26.9 Å². The Bertz CT molecular complexity index is 478. The Balaban J connectivity index is 2.27. The van der Waals surface area contributed by atoms with Crippen LogP contribution < -0.4 is 10.2 Å². The molecule has 0 bridgehead atoms. The van der Waals surface area contributed by atoms with E-state index in [-0.39, 0.29) is 11.6 Å². The molecule has 1 N–H and O–H groups in total. The summed E-state index contributed by atoms with van der Waals surface area (Å²) in [4.78, 5) is 8.15. The average Bonchev–Trinajstić information content (AvgIpc) is 2.75. The summed E-state index contributed by atoms with van der Waals surface area (Å²) in [5.74, 6) is -0.484. The van der Waals surface area contributed by atoms with Crippen molar-refractivity contribution in [2.45, 2.75) is 19.9 Å². The van der Waals surface area contributed by atoms with Crippen LogP contribution in [0.15, 0.2) is 6.07 Å². The molecule has 1 aromatic heterocycles. The van der Waals surface area contributed by atoms with Crippen LogP contribution in [0.4, 0.5) is 20.4 Å². The minimum Gasteiger partial charge on any atom is -0.368 e. The van der Waals surface area contributed by atoms with Gasteiger partial charge in [-0.2, -0.15) is 0 Å². The third kappa shape index (κ3) is 2.85. The van der Waals surface area contributed by atoms with E-state index in [1.807, 2.05) is 25.9 Å². The molecule has 2 unspecified atom stereocenters. The third-order valence-electron chi connectivity index (χ3n) is 3.79. The van der Waals surface area contributed by atoms with E-state index >= 15 is 0 Å². The van der Waals surface area contributed by atoms with E-state index in [0.29, 0.717) is 25.0 Å². The van der Waals surface area contributed by atoms with E-state index in [4.69, 9.17) is 0 Å². The van der Waals surface area contributed by atoms with Gasteiger partial charge in [-0.15, -0.1) is 0 Å². The van der Waals surface area contributed by atoms with Crippen LogP contribution in [0.3, 0.4) is 0 Å². The fourth-order valence-electron chi connectivity index (χ4n) is 2.76. The molecule has 1 saturated heterocycles. The highest BCUT2D eigenvalue weighted by Gasteiger charge is 2.33. The van der Waals surface area contributed by atoms with Crippen molar-refractivity contribution in [2.75, 3.05) is 43.9 Å². The van der Waals surface area contributed by atoms with Gasteiger partial charge in [0, 0.05) is 31.7 Å². The molecule has 6 heteroatoms. The lowest BCUT2D eigenvalue weighted by Gasteiger charge is -2.23. The second kappa shape index (κ2) is 5.91. The molecule has 2 atom stereocenters. The standard InChI is InChI=1S/C14H22F2N4/c1-5-17-13-10(15)6-11(16)14(18-13)20-7-9(2)12(8-20)19(3)4/h6,9,12H,5,7-8H2,1-4H3,(H,17,18). The molecule has 1 aromatic rings. The molecule has 0 aliphatic carbocycles. The van der Waals surface area contributed by atoms with Crippen LogP contribution in [-0.2, 0) is 0 Å². The van der Waals surface area contributed by atoms with Gasteiger partial charge in [-0.1, -0.05) is 6.92 Å². The van der Waals surface area contributed by atoms with Crippen molar-refractivity contribution < 1.29 is 8.78 Å². The summed E-state index contributed by atoms with van der Waals surface area (Å²) in [7, 11) is 4.03. The highest BCUT2D eigenvalue weighted by Crippen LogP contribution is 2.28. The first-order chi connectivity index (χ1) is 9.43. The molecular formula is C14H22F2N4. The predicted octanol–water partition coefficient (Wildman–Crippen LogP) is 2.18. The number of aromatic nitrogens is 1. The number of rotatable bonds is 4. The fraction of sp³-hybridized carbons (Fsp3) is 0.643. The number of pyridine rings is 1. The maximum absolute atomic E-state index is 14.0. The maximum Gasteiger partial charge on any atom is 0.168 e. The van der Waals surface area contributed by atoms with E-state index < -0.39 is 11.6 Å². The van der Waals surface area contributed by atoms with Crippen LogP contribution in [0.2, 0.25) is 0 Å². The van der Waals surface area contributed by atoms with Crippen LogP contribution >= 0.6 is 0 Å². The van der Waals surface area contributed by atoms with E-state index in [1.54, 1.807) is 0 Å². The lowest BCUT2D eigenvalue weighted by molar-refractivity contribution is 0.266. The Kier molecular flexibility index (Phi) is 4.42. The van der Waals surface area contributed by atoms with Gasteiger partial charge < -0.3 is 15.1 Å². The van der Waals surface area contributed by atoms with Crippen LogP contribution in [0.25, 0.3) is 0 Å². The van der Waals surface area contributed by atoms with Gasteiger partial charge in [-0.3, -0.25) is 0 Å². The summed E-state index contributed by atoms with van der Waals surface area (Å²) in [6.45, 7) is 5.96. The molecule has 1 aliphatic rings. The minimum absolute atomic E-state index is 0.116. The molecule has 2 rings (SSSR count). The SMILES string of the molecule is CCNc1nc(N2CC(C)C(N(C)C)C2)c(F)cc1F. The molecule has 0 spiro atoms. The number of nitrogens with zero attached hydrogens (tertiary/aromatic N) is 3. The van der Waals surface area contributed by atoms with Crippen molar-refractivity contribution in [2.24, 2.45) is 5.92 Å². The molecule has 112 valence electrons. The monoisotopic (exact) mass is 284 g/mol. The Labute approximate surface area is 118 Å². The van der Waals surface area contributed by atoms with E-state index in [0.717, 1.165) is 12.6 Å². The van der Waals surface area contributed by atoms with Gasteiger partial charge in [0.2, 0.25) is 0 Å². The molecule has 0 saturated carbocycles. The Morgan fingerprint density at radius 2 is 2.05 bits per heavy atom. The second-order valence-electron chi connectivity index (χ2n) is 5.57. The van der Waals surface area contributed by atoms with Crippen molar-refractivity contribution in [3.63, 3.8) is 0 Å². The molecule has 2 heterocycles. The molecule has 0 aromatic carbocycles. The van der Waals surface area contributed by atoms with Crippen molar-refractivity contribution >= 4 is 11.6 Å². The summed E-state index contributed by atoms with van der Waals surface area (Å²) < 4.78 is 27.6. The quantitative estimate of drug-likeness (QED) is 0.918. The smallest absolute Gasteiger partial charge is 0.168 e. The first kappa shape index (κ1) is 15.0. The maximum atomic E-state index is 14.0. The van der Waals surface area contributed by atoms with Gasteiger partial charge in [0.25, 0.3) is 0 Å². The summed E-state index contributed by atoms with van der Waals surface area (Å²) in [6, 6.07) is 1.26. The van der Waals surface area contributed by atoms with Gasteiger partial charge in [0.15, 0.2) is 23.3 Å². The third-order valence-corrected chi connectivity index (χ3v) is 3.79. The summed E-state index contributed by atoms with van der Waals surface area (Å²) in [6.07, 6.45) is 0. The van der Waals surface area contributed by atoms with Crippen LogP contribution in [0.1, 0.15) is 13.8 Å². The highest BCUT2D eigenvalue weighted by molar-refractivity contribution is 5.50. The molecular weight excluding hydrogens is 262 g/mol. The molecule has 0 amide bonds. The number of hydrogen-bond acceptors (Lipinski definition) is 4. The minimum atomic E-state index is -0.649. The number of nitrogens with one attached hydrogen (secondary N) is 1. The van der Waals surface area contributed by atoms with Crippen molar-refractivity contribution in [1.82, 2.24) is 9.88 Å². The van der Waals surface area contributed by atoms with Crippen LogP contribution in [0, 0.1) is 17.6 Å².